The number of hydrogen-bond donors (Lipinski definition) is 0. The van der Waals surface area contributed by atoms with Gasteiger partial charge in [-0.1, -0.05) is 23.5 Å². The lowest BCUT2D eigenvalue weighted by atomic mass is 10.2. The van der Waals surface area contributed by atoms with Crippen LogP contribution in [0.2, 0.25) is 0 Å². The summed E-state index contributed by atoms with van der Waals surface area (Å²) in [4.78, 5) is 33.4. The number of para-hydroxylation sites is 1. The highest BCUT2D eigenvalue weighted by atomic mass is 32.1. The predicted octanol–water partition coefficient (Wildman–Crippen LogP) is 4.87. The smallest absolute Gasteiger partial charge is 0.306 e. The molecule has 0 saturated carbocycles. The van der Waals surface area contributed by atoms with E-state index < -0.39 is 5.60 Å². The standard InChI is InChI=1S/C28H33N3O5S/c1-28(2,3)36-26(33)13-12-25(32)31-18-19-16-20(31)17-30(19)14-15-34-21-8-10-22(11-9-21)35-27-29-23-6-4-5-7-24(23)37-27/h4-11,19-20H,12-18H2,1-3H3. The number of esters is 1. The van der Waals surface area contributed by atoms with Crippen LogP contribution in [0.4, 0.5) is 0 Å². The number of carbonyl (C=O) groups excluding carboxylic acids is 2. The molecule has 37 heavy (non-hydrogen) atoms. The van der Waals surface area contributed by atoms with Gasteiger partial charge in [0.1, 0.15) is 23.7 Å². The van der Waals surface area contributed by atoms with Crippen LogP contribution < -0.4 is 9.47 Å². The number of benzene rings is 2. The predicted molar refractivity (Wildman–Crippen MR) is 142 cm³/mol. The fraction of sp³-hybridized carbons (Fsp3) is 0.464. The zero-order valence-corrected chi connectivity index (χ0v) is 22.3. The Kier molecular flexibility index (Phi) is 7.35. The summed E-state index contributed by atoms with van der Waals surface area (Å²) in [5.74, 6) is 1.24. The highest BCUT2D eigenvalue weighted by Gasteiger charge is 2.44. The molecular formula is C28H33N3O5S. The molecule has 2 saturated heterocycles. The van der Waals surface area contributed by atoms with Crippen LogP contribution in [0.15, 0.2) is 48.5 Å². The molecule has 2 fully saturated rings. The fourth-order valence-corrected chi connectivity index (χ4v) is 5.79. The van der Waals surface area contributed by atoms with E-state index in [1.807, 2.05) is 74.2 Å². The van der Waals surface area contributed by atoms with Crippen molar-refractivity contribution < 1.29 is 23.8 Å². The minimum atomic E-state index is -0.525. The number of ether oxygens (including phenoxy) is 3. The first kappa shape index (κ1) is 25.5. The average molecular weight is 524 g/mol. The number of aromatic nitrogens is 1. The second kappa shape index (κ2) is 10.7. The van der Waals surface area contributed by atoms with E-state index in [1.165, 1.54) is 11.3 Å². The van der Waals surface area contributed by atoms with Gasteiger partial charge in [-0.05, 0) is 63.6 Å². The molecule has 2 aliphatic rings. The Bertz CT molecular complexity index is 1220. The second-order valence-corrected chi connectivity index (χ2v) is 11.5. The Morgan fingerprint density at radius 1 is 1.00 bits per heavy atom. The molecule has 3 aromatic rings. The van der Waals surface area contributed by atoms with Crippen molar-refractivity contribution in [1.29, 1.82) is 0 Å². The third-order valence-corrected chi connectivity index (χ3v) is 7.50. The number of carbonyl (C=O) groups is 2. The molecule has 2 atom stereocenters. The lowest BCUT2D eigenvalue weighted by Gasteiger charge is -2.34. The summed E-state index contributed by atoms with van der Waals surface area (Å²) in [6.45, 7) is 8.45. The van der Waals surface area contributed by atoms with Crippen LogP contribution >= 0.6 is 11.3 Å². The van der Waals surface area contributed by atoms with Crippen molar-refractivity contribution in [3.8, 4) is 16.7 Å². The zero-order valence-electron chi connectivity index (χ0n) is 21.5. The normalized spacial score (nSPS) is 19.4. The number of thiazole rings is 1. The molecule has 0 spiro atoms. The molecule has 5 rings (SSSR count). The van der Waals surface area contributed by atoms with Gasteiger partial charge in [0.15, 0.2) is 0 Å². The third-order valence-electron chi connectivity index (χ3n) is 6.59. The molecular weight excluding hydrogens is 490 g/mol. The van der Waals surface area contributed by atoms with Crippen LogP contribution in [0.25, 0.3) is 10.2 Å². The van der Waals surface area contributed by atoms with Gasteiger partial charge < -0.3 is 19.1 Å². The van der Waals surface area contributed by atoms with Gasteiger partial charge in [-0.2, -0.15) is 0 Å². The number of rotatable bonds is 9. The lowest BCUT2D eigenvalue weighted by Crippen LogP contribution is -2.49. The lowest BCUT2D eigenvalue weighted by molar-refractivity contribution is -0.156. The van der Waals surface area contributed by atoms with Crippen LogP contribution in [-0.2, 0) is 14.3 Å². The van der Waals surface area contributed by atoms with Gasteiger partial charge in [-0.3, -0.25) is 14.5 Å². The molecule has 1 aromatic heterocycles. The Hall–Kier alpha value is -3.17. The molecule has 2 aromatic carbocycles. The first-order chi connectivity index (χ1) is 17.7. The van der Waals surface area contributed by atoms with Gasteiger partial charge in [-0.25, -0.2) is 4.98 Å². The number of amides is 1. The average Bonchev–Trinajstić information content (AvgIpc) is 3.56. The van der Waals surface area contributed by atoms with Crippen molar-refractivity contribution in [2.24, 2.45) is 0 Å². The van der Waals surface area contributed by atoms with Gasteiger partial charge in [0.25, 0.3) is 5.19 Å². The number of nitrogens with zero attached hydrogens (tertiary/aromatic N) is 3. The van der Waals surface area contributed by atoms with E-state index in [4.69, 9.17) is 14.2 Å². The Morgan fingerprint density at radius 2 is 1.76 bits per heavy atom. The molecule has 2 unspecified atom stereocenters. The minimum Gasteiger partial charge on any atom is -0.492 e. The Morgan fingerprint density at radius 3 is 2.46 bits per heavy atom. The van der Waals surface area contributed by atoms with E-state index in [0.29, 0.717) is 17.8 Å². The van der Waals surface area contributed by atoms with Crippen molar-refractivity contribution in [1.82, 2.24) is 14.8 Å². The summed E-state index contributed by atoms with van der Waals surface area (Å²) in [6.07, 6.45) is 1.32. The van der Waals surface area contributed by atoms with Crippen molar-refractivity contribution in [3.05, 3.63) is 48.5 Å². The molecule has 0 aliphatic carbocycles. The molecule has 8 nitrogen and oxygen atoms in total. The summed E-state index contributed by atoms with van der Waals surface area (Å²) in [5.41, 5.74) is 0.411. The zero-order chi connectivity index (χ0) is 26.0. The molecule has 3 heterocycles. The summed E-state index contributed by atoms with van der Waals surface area (Å²) in [6, 6.07) is 16.1. The third kappa shape index (κ3) is 6.40. The van der Waals surface area contributed by atoms with E-state index >= 15 is 0 Å². The second-order valence-electron chi connectivity index (χ2n) is 10.5. The number of hydrogen-bond acceptors (Lipinski definition) is 8. The maximum atomic E-state index is 12.7. The van der Waals surface area contributed by atoms with Crippen LogP contribution in [0.3, 0.4) is 0 Å². The fourth-order valence-electron chi connectivity index (χ4n) is 4.95. The van der Waals surface area contributed by atoms with E-state index in [-0.39, 0.29) is 30.8 Å². The first-order valence-corrected chi connectivity index (χ1v) is 13.6. The van der Waals surface area contributed by atoms with E-state index in [0.717, 1.165) is 47.8 Å². The van der Waals surface area contributed by atoms with Crippen molar-refractivity contribution in [2.45, 2.75) is 57.7 Å². The number of fused-ring (bicyclic) bond motifs is 3. The summed E-state index contributed by atoms with van der Waals surface area (Å²) in [7, 11) is 0. The molecule has 2 aliphatic heterocycles. The largest absolute Gasteiger partial charge is 0.492 e. The van der Waals surface area contributed by atoms with Gasteiger partial charge in [0, 0.05) is 38.1 Å². The van der Waals surface area contributed by atoms with Gasteiger partial charge in [0.2, 0.25) is 5.91 Å². The molecule has 0 radical (unpaired) electrons. The number of piperazine rings is 1. The molecule has 196 valence electrons. The van der Waals surface area contributed by atoms with Crippen molar-refractivity contribution >= 4 is 33.4 Å². The maximum absolute atomic E-state index is 12.7. The van der Waals surface area contributed by atoms with E-state index in [9.17, 15) is 9.59 Å². The van der Waals surface area contributed by atoms with Crippen LogP contribution in [0.5, 0.6) is 16.7 Å². The van der Waals surface area contributed by atoms with Crippen molar-refractivity contribution in [3.63, 3.8) is 0 Å². The first-order valence-electron chi connectivity index (χ1n) is 12.8. The monoisotopic (exact) mass is 523 g/mol. The highest BCUT2D eigenvalue weighted by Crippen LogP contribution is 2.33. The molecule has 1 amide bonds. The van der Waals surface area contributed by atoms with Crippen molar-refractivity contribution in [2.75, 3.05) is 26.2 Å². The summed E-state index contributed by atoms with van der Waals surface area (Å²) >= 11 is 1.52. The Labute approximate surface area is 221 Å². The van der Waals surface area contributed by atoms with Gasteiger partial charge in [-0.15, -0.1) is 0 Å². The topological polar surface area (TPSA) is 81.2 Å². The molecule has 9 heteroatoms. The number of likely N-dealkylation sites (tertiary alicyclic amines) is 2. The minimum absolute atomic E-state index is 0.0439. The molecule has 2 bridgehead atoms. The van der Waals surface area contributed by atoms with Gasteiger partial charge in [0.05, 0.1) is 16.6 Å². The highest BCUT2D eigenvalue weighted by molar-refractivity contribution is 7.20. The SMILES string of the molecule is CC(C)(C)OC(=O)CCC(=O)N1CC2CC1CN2CCOc1ccc(Oc2nc3ccccc3s2)cc1. The Balaban J connectivity index is 1.03. The summed E-state index contributed by atoms with van der Waals surface area (Å²) in [5, 5.41) is 0.622. The van der Waals surface area contributed by atoms with Gasteiger partial charge >= 0.3 is 5.97 Å². The van der Waals surface area contributed by atoms with E-state index in [1.54, 1.807) is 0 Å². The molecule has 0 N–H and O–H groups in total. The van der Waals surface area contributed by atoms with E-state index in [2.05, 4.69) is 9.88 Å². The summed E-state index contributed by atoms with van der Waals surface area (Å²) < 4.78 is 18.3. The van der Waals surface area contributed by atoms with Crippen LogP contribution in [0.1, 0.15) is 40.0 Å². The van der Waals surface area contributed by atoms with Crippen LogP contribution in [-0.4, -0.2) is 70.6 Å². The van der Waals surface area contributed by atoms with Crippen LogP contribution in [0, 0.1) is 0 Å². The maximum Gasteiger partial charge on any atom is 0.306 e. The quantitative estimate of drug-likeness (QED) is 0.370.